The van der Waals surface area contributed by atoms with Crippen LogP contribution in [0.1, 0.15) is 21.5 Å². The van der Waals surface area contributed by atoms with Crippen molar-refractivity contribution in [3.63, 3.8) is 0 Å². The number of carbonyl (C=O) groups excluding carboxylic acids is 1. The molecule has 0 saturated carbocycles. The molecule has 148 valence electrons. The zero-order valence-corrected chi connectivity index (χ0v) is 17.0. The molecular formula is C23H21ClN2O3. The molecule has 0 bridgehead atoms. The van der Waals surface area contributed by atoms with Crippen LogP contribution in [0.4, 0.5) is 0 Å². The molecule has 5 nitrogen and oxygen atoms in total. The number of hydrogen-bond acceptors (Lipinski definition) is 3. The van der Waals surface area contributed by atoms with Gasteiger partial charge in [-0.3, -0.25) is 4.79 Å². The molecule has 0 aliphatic rings. The van der Waals surface area contributed by atoms with Crippen molar-refractivity contribution >= 4 is 39.3 Å². The minimum atomic E-state index is -0.442. The van der Waals surface area contributed by atoms with Gasteiger partial charge < -0.3 is 19.8 Å². The fourth-order valence-electron chi connectivity index (χ4n) is 3.81. The predicted octanol–water partition coefficient (Wildman–Crippen LogP) is 4.75. The second kappa shape index (κ2) is 7.78. The number of hydrogen-bond donors (Lipinski definition) is 1. The minimum Gasteiger partial charge on any atom is -0.495 e. The van der Waals surface area contributed by atoms with E-state index in [-0.39, 0.29) is 0 Å². The summed E-state index contributed by atoms with van der Waals surface area (Å²) in [7, 11) is 3.26. The Bertz CT molecular complexity index is 1230. The van der Waals surface area contributed by atoms with E-state index in [1.165, 1.54) is 0 Å². The normalized spacial score (nSPS) is 11.3. The van der Waals surface area contributed by atoms with Gasteiger partial charge in [0, 0.05) is 35.5 Å². The van der Waals surface area contributed by atoms with Gasteiger partial charge in [-0.25, -0.2) is 0 Å². The number of aromatic nitrogens is 1. The van der Waals surface area contributed by atoms with Crippen LogP contribution in [-0.4, -0.2) is 24.7 Å². The molecule has 0 atom stereocenters. The van der Waals surface area contributed by atoms with Gasteiger partial charge in [0.25, 0.3) is 0 Å². The van der Waals surface area contributed by atoms with E-state index in [2.05, 4.69) is 10.6 Å². The van der Waals surface area contributed by atoms with Crippen LogP contribution in [0.5, 0.6) is 5.75 Å². The Morgan fingerprint density at radius 1 is 1.03 bits per heavy atom. The largest absolute Gasteiger partial charge is 0.495 e. The Hall–Kier alpha value is -3.02. The molecule has 1 heterocycles. The number of halogens is 1. The average molecular weight is 409 g/mol. The van der Waals surface area contributed by atoms with Gasteiger partial charge in [0.15, 0.2) is 0 Å². The lowest BCUT2D eigenvalue weighted by Gasteiger charge is -2.11. The quantitative estimate of drug-likeness (QED) is 0.500. The Balaban J connectivity index is 1.97. The monoisotopic (exact) mass is 408 g/mol. The highest BCUT2D eigenvalue weighted by Gasteiger charge is 2.17. The van der Waals surface area contributed by atoms with Crippen LogP contribution in [-0.2, 0) is 17.9 Å². The van der Waals surface area contributed by atoms with Crippen molar-refractivity contribution in [3.05, 3.63) is 76.3 Å². The summed E-state index contributed by atoms with van der Waals surface area (Å²) in [6.45, 7) is 1.09. The second-order valence-corrected chi connectivity index (χ2v) is 7.31. The third-order valence-corrected chi connectivity index (χ3v) is 5.38. The van der Waals surface area contributed by atoms with E-state index in [4.69, 9.17) is 26.8 Å². The van der Waals surface area contributed by atoms with E-state index >= 15 is 0 Å². The standard InChI is InChI=1S/C23H21ClN2O3/c1-28-13-15-6-8-16-20(11-15)26(12-14-7-9-21(29-2)18(24)10-14)19-5-3-4-17(22(16)19)23(25)27/h3-11H,12-13H2,1-2H3,(H2,25,27). The van der Waals surface area contributed by atoms with Gasteiger partial charge in [0.1, 0.15) is 5.75 Å². The van der Waals surface area contributed by atoms with Crippen LogP contribution < -0.4 is 10.5 Å². The Morgan fingerprint density at radius 3 is 2.52 bits per heavy atom. The van der Waals surface area contributed by atoms with Gasteiger partial charge >= 0.3 is 0 Å². The van der Waals surface area contributed by atoms with Gasteiger partial charge in [0.05, 0.1) is 24.3 Å². The number of rotatable bonds is 6. The Kier molecular flexibility index (Phi) is 5.18. The molecule has 0 fully saturated rings. The molecule has 0 saturated heterocycles. The lowest BCUT2D eigenvalue weighted by atomic mass is 10.0. The molecule has 0 aliphatic carbocycles. The number of nitrogens with two attached hydrogens (primary N) is 1. The minimum absolute atomic E-state index is 0.442. The summed E-state index contributed by atoms with van der Waals surface area (Å²) in [6, 6.07) is 17.5. The van der Waals surface area contributed by atoms with Gasteiger partial charge in [-0.05, 0) is 41.5 Å². The molecule has 4 aromatic rings. The summed E-state index contributed by atoms with van der Waals surface area (Å²) in [5.41, 5.74) is 10.2. The second-order valence-electron chi connectivity index (χ2n) is 6.90. The summed E-state index contributed by atoms with van der Waals surface area (Å²) in [6.07, 6.45) is 0. The number of benzene rings is 3. The first kappa shape index (κ1) is 19.3. The van der Waals surface area contributed by atoms with E-state index in [9.17, 15) is 4.79 Å². The SMILES string of the molecule is COCc1ccc2c3c(C(N)=O)cccc3n(Cc3ccc(OC)c(Cl)c3)c2c1. The van der Waals surface area contributed by atoms with Gasteiger partial charge in [-0.2, -0.15) is 0 Å². The molecule has 0 spiro atoms. The first-order chi connectivity index (χ1) is 14.0. The van der Waals surface area contributed by atoms with Crippen molar-refractivity contribution in [1.82, 2.24) is 4.57 Å². The van der Waals surface area contributed by atoms with E-state index in [1.807, 2.05) is 42.5 Å². The fourth-order valence-corrected chi connectivity index (χ4v) is 4.09. The molecule has 6 heteroatoms. The van der Waals surface area contributed by atoms with Gasteiger partial charge in [0.2, 0.25) is 5.91 Å². The summed E-state index contributed by atoms with van der Waals surface area (Å²) in [4.78, 5) is 12.1. The zero-order valence-electron chi connectivity index (χ0n) is 16.2. The number of ether oxygens (including phenoxy) is 2. The van der Waals surface area contributed by atoms with Crippen LogP contribution in [0, 0.1) is 0 Å². The third kappa shape index (κ3) is 3.43. The maximum absolute atomic E-state index is 12.1. The third-order valence-electron chi connectivity index (χ3n) is 5.09. The zero-order chi connectivity index (χ0) is 20.5. The molecule has 0 aliphatic heterocycles. The molecule has 4 rings (SSSR count). The molecule has 3 aromatic carbocycles. The van der Waals surface area contributed by atoms with E-state index in [0.29, 0.717) is 29.5 Å². The van der Waals surface area contributed by atoms with Crippen molar-refractivity contribution < 1.29 is 14.3 Å². The number of amides is 1. The van der Waals surface area contributed by atoms with Crippen molar-refractivity contribution in [2.24, 2.45) is 5.73 Å². The summed E-state index contributed by atoms with van der Waals surface area (Å²) < 4.78 is 12.7. The Morgan fingerprint density at radius 2 is 1.83 bits per heavy atom. The summed E-state index contributed by atoms with van der Waals surface area (Å²) >= 11 is 6.33. The van der Waals surface area contributed by atoms with Crippen molar-refractivity contribution in [2.45, 2.75) is 13.2 Å². The molecule has 1 amide bonds. The maximum Gasteiger partial charge on any atom is 0.249 e. The van der Waals surface area contributed by atoms with Crippen LogP contribution >= 0.6 is 11.6 Å². The van der Waals surface area contributed by atoms with Gasteiger partial charge in [-0.1, -0.05) is 35.9 Å². The lowest BCUT2D eigenvalue weighted by Crippen LogP contribution is -2.11. The van der Waals surface area contributed by atoms with Crippen molar-refractivity contribution in [3.8, 4) is 5.75 Å². The van der Waals surface area contributed by atoms with Crippen molar-refractivity contribution in [2.75, 3.05) is 14.2 Å². The first-order valence-electron chi connectivity index (χ1n) is 9.18. The number of carbonyl (C=O) groups is 1. The smallest absolute Gasteiger partial charge is 0.249 e. The highest BCUT2D eigenvalue weighted by molar-refractivity contribution is 6.32. The van der Waals surface area contributed by atoms with Crippen LogP contribution in [0.2, 0.25) is 5.02 Å². The Labute approximate surface area is 173 Å². The van der Waals surface area contributed by atoms with E-state index in [1.54, 1.807) is 20.3 Å². The predicted molar refractivity (Wildman–Crippen MR) is 116 cm³/mol. The lowest BCUT2D eigenvalue weighted by molar-refractivity contribution is 0.100. The molecule has 0 unspecified atom stereocenters. The summed E-state index contributed by atoms with van der Waals surface area (Å²) in [5.74, 6) is 0.194. The number of primary amides is 1. The van der Waals surface area contributed by atoms with E-state index in [0.717, 1.165) is 32.9 Å². The molecule has 2 N–H and O–H groups in total. The number of fused-ring (bicyclic) bond motifs is 3. The average Bonchev–Trinajstić information content (AvgIpc) is 3.01. The maximum atomic E-state index is 12.1. The molecule has 0 radical (unpaired) electrons. The van der Waals surface area contributed by atoms with E-state index < -0.39 is 5.91 Å². The highest BCUT2D eigenvalue weighted by atomic mass is 35.5. The molecule has 1 aromatic heterocycles. The van der Waals surface area contributed by atoms with Gasteiger partial charge in [-0.15, -0.1) is 0 Å². The number of nitrogens with zero attached hydrogens (tertiary/aromatic N) is 1. The number of methoxy groups -OCH3 is 2. The fraction of sp³-hybridized carbons (Fsp3) is 0.174. The topological polar surface area (TPSA) is 66.5 Å². The summed E-state index contributed by atoms with van der Waals surface area (Å²) in [5, 5.41) is 2.40. The van der Waals surface area contributed by atoms with Crippen LogP contribution in [0.15, 0.2) is 54.6 Å². The first-order valence-corrected chi connectivity index (χ1v) is 9.56. The molecule has 29 heavy (non-hydrogen) atoms. The van der Waals surface area contributed by atoms with Crippen molar-refractivity contribution in [1.29, 1.82) is 0 Å². The van der Waals surface area contributed by atoms with Crippen LogP contribution in [0.3, 0.4) is 0 Å². The van der Waals surface area contributed by atoms with Crippen LogP contribution in [0.25, 0.3) is 21.8 Å². The molecular weight excluding hydrogens is 388 g/mol. The highest BCUT2D eigenvalue weighted by Crippen LogP contribution is 2.34.